The molecule has 0 atom stereocenters. The highest BCUT2D eigenvalue weighted by molar-refractivity contribution is 9.09. The molecule has 6 aromatic carbocycles. The van der Waals surface area contributed by atoms with Crippen LogP contribution in [0, 0.1) is 11.8 Å². The van der Waals surface area contributed by atoms with Crippen LogP contribution < -0.4 is 11.5 Å². The van der Waals surface area contributed by atoms with Crippen LogP contribution in [0.2, 0.25) is 0 Å². The van der Waals surface area contributed by atoms with Crippen molar-refractivity contribution in [2.24, 2.45) is 11.8 Å². The molecule has 6 N–H and O–H groups in total. The lowest BCUT2D eigenvalue weighted by atomic mass is 10.1. The molecule has 0 aliphatic rings. The van der Waals surface area contributed by atoms with Crippen molar-refractivity contribution in [3.05, 3.63) is 192 Å². The molecule has 8 nitrogen and oxygen atoms in total. The second kappa shape index (κ2) is 26.9. The molecule has 0 amide bonds. The Morgan fingerprint density at radius 2 is 1.03 bits per heavy atom. The average molecular weight is 896 g/mol. The van der Waals surface area contributed by atoms with Gasteiger partial charge in [0.05, 0.1) is 33.4 Å². The quantitative estimate of drug-likeness (QED) is 0.0712. The van der Waals surface area contributed by atoms with Crippen molar-refractivity contribution >= 4 is 55.3 Å². The van der Waals surface area contributed by atoms with Crippen molar-refractivity contribution < 1.29 is 9.90 Å². The molecule has 0 saturated heterocycles. The number of nitrogens with two attached hydrogens (primary N) is 2. The Morgan fingerprint density at radius 3 is 1.52 bits per heavy atom. The zero-order valence-electron chi connectivity index (χ0n) is 36.6. The van der Waals surface area contributed by atoms with E-state index in [1.807, 2.05) is 66.7 Å². The van der Waals surface area contributed by atoms with Crippen LogP contribution in [0.3, 0.4) is 0 Å². The third-order valence-electron chi connectivity index (χ3n) is 9.47. The van der Waals surface area contributed by atoms with Gasteiger partial charge in [-0.2, -0.15) is 0 Å². The number of alkyl halides is 1. The van der Waals surface area contributed by atoms with Crippen molar-refractivity contribution in [1.82, 2.24) is 19.5 Å². The molecule has 0 fully saturated rings. The molecule has 0 aliphatic carbocycles. The summed E-state index contributed by atoms with van der Waals surface area (Å²) >= 11 is 3.31. The molecular formula is C53H63BrN6O2. The number of hydrogen-bond acceptors (Lipinski definition) is 5. The molecule has 9 heteroatoms. The maximum Gasteiger partial charge on any atom is 0.303 e. The van der Waals surface area contributed by atoms with Crippen LogP contribution in [0.4, 0.5) is 11.4 Å². The van der Waals surface area contributed by atoms with E-state index >= 15 is 0 Å². The van der Waals surface area contributed by atoms with E-state index < -0.39 is 5.97 Å². The number of rotatable bonds is 12. The SMILES string of the molecule is CC(C)CBr.CC(C)Cn1c(CCc2ccccc2)nc2ccccc21.Nc1ccccc1N.O=C(O)CCc1ccccc1.c1ccc(CCc2nc3ccccc3[nH]2)cc1. The Labute approximate surface area is 376 Å². The van der Waals surface area contributed by atoms with Gasteiger partial charge >= 0.3 is 5.97 Å². The molecule has 0 unspecified atom stereocenters. The molecule has 8 aromatic rings. The molecule has 0 radical (unpaired) electrons. The predicted octanol–water partition coefficient (Wildman–Crippen LogP) is 12.4. The number of aromatic amines is 1. The minimum absolute atomic E-state index is 0.212. The van der Waals surface area contributed by atoms with Gasteiger partial charge in [0.15, 0.2) is 0 Å². The summed E-state index contributed by atoms with van der Waals surface area (Å²) < 4.78 is 2.39. The summed E-state index contributed by atoms with van der Waals surface area (Å²) in [6.07, 6.45) is 4.85. The van der Waals surface area contributed by atoms with Crippen LogP contribution in [-0.2, 0) is 43.4 Å². The van der Waals surface area contributed by atoms with E-state index in [0.717, 1.165) is 71.4 Å². The highest BCUT2D eigenvalue weighted by atomic mass is 79.9. The van der Waals surface area contributed by atoms with Crippen LogP contribution in [0.5, 0.6) is 0 Å². The van der Waals surface area contributed by atoms with Gasteiger partial charge in [0.25, 0.3) is 0 Å². The first-order valence-electron chi connectivity index (χ1n) is 21.4. The van der Waals surface area contributed by atoms with Gasteiger partial charge in [-0.25, -0.2) is 9.97 Å². The van der Waals surface area contributed by atoms with Crippen molar-refractivity contribution in [3.63, 3.8) is 0 Å². The number of nitrogens with zero attached hydrogens (tertiary/aromatic N) is 3. The van der Waals surface area contributed by atoms with E-state index in [1.165, 1.54) is 22.5 Å². The Balaban J connectivity index is 0.000000184. The largest absolute Gasteiger partial charge is 0.481 e. The number of aryl methyl sites for hydroxylation is 5. The minimum atomic E-state index is -0.742. The van der Waals surface area contributed by atoms with Gasteiger partial charge in [0.2, 0.25) is 0 Å². The summed E-state index contributed by atoms with van der Waals surface area (Å²) in [5.74, 6) is 2.95. The summed E-state index contributed by atoms with van der Waals surface area (Å²) in [7, 11) is 0. The summed E-state index contributed by atoms with van der Waals surface area (Å²) in [5.41, 5.74) is 20.4. The second-order valence-electron chi connectivity index (χ2n) is 15.7. The second-order valence-corrected chi connectivity index (χ2v) is 16.4. The Kier molecular flexibility index (Phi) is 21.0. The molecule has 0 saturated carbocycles. The van der Waals surface area contributed by atoms with Crippen molar-refractivity contribution in [3.8, 4) is 0 Å². The highest BCUT2D eigenvalue weighted by Crippen LogP contribution is 2.19. The average Bonchev–Trinajstić information content (AvgIpc) is 3.87. The van der Waals surface area contributed by atoms with Crippen molar-refractivity contribution in [1.29, 1.82) is 0 Å². The first-order chi connectivity index (χ1) is 30.0. The third-order valence-corrected chi connectivity index (χ3v) is 10.8. The normalized spacial score (nSPS) is 10.4. The van der Waals surface area contributed by atoms with Gasteiger partial charge in [-0.05, 0) is 84.2 Å². The first-order valence-corrected chi connectivity index (χ1v) is 22.5. The number of hydrogen-bond donors (Lipinski definition) is 4. The number of nitrogen functional groups attached to an aromatic ring is 2. The number of carboxylic acid groups (broad SMARTS) is 1. The topological polar surface area (TPSA) is 136 Å². The van der Waals surface area contributed by atoms with Crippen LogP contribution in [0.25, 0.3) is 22.1 Å². The molecular weight excluding hydrogens is 833 g/mol. The van der Waals surface area contributed by atoms with E-state index in [0.29, 0.717) is 23.7 Å². The number of H-pyrrole nitrogens is 1. The lowest BCUT2D eigenvalue weighted by Gasteiger charge is -2.11. The van der Waals surface area contributed by atoms with Gasteiger partial charge < -0.3 is 26.1 Å². The number of fused-ring (bicyclic) bond motifs is 2. The van der Waals surface area contributed by atoms with Crippen LogP contribution in [0.1, 0.15) is 62.5 Å². The van der Waals surface area contributed by atoms with E-state index in [2.05, 4.69) is 143 Å². The number of carboxylic acids is 1. The number of anilines is 2. The Bertz CT molecular complexity index is 2390. The van der Waals surface area contributed by atoms with E-state index in [4.69, 9.17) is 21.6 Å². The maximum absolute atomic E-state index is 10.2. The molecule has 62 heavy (non-hydrogen) atoms. The predicted molar refractivity (Wildman–Crippen MR) is 265 cm³/mol. The van der Waals surface area contributed by atoms with Crippen molar-refractivity contribution in [2.45, 2.75) is 72.8 Å². The number of aromatic nitrogens is 4. The van der Waals surface area contributed by atoms with Gasteiger partial charge in [-0.15, -0.1) is 0 Å². The minimum Gasteiger partial charge on any atom is -0.481 e. The van der Waals surface area contributed by atoms with Crippen LogP contribution >= 0.6 is 15.9 Å². The molecule has 2 aromatic heterocycles. The number of para-hydroxylation sites is 6. The summed E-state index contributed by atoms with van der Waals surface area (Å²) in [6, 6.07) is 54.6. The molecule has 2 heterocycles. The van der Waals surface area contributed by atoms with Gasteiger partial charge in [0.1, 0.15) is 11.6 Å². The van der Waals surface area contributed by atoms with E-state index in [9.17, 15) is 4.79 Å². The summed E-state index contributed by atoms with van der Waals surface area (Å²) in [4.78, 5) is 22.9. The number of imidazole rings is 2. The summed E-state index contributed by atoms with van der Waals surface area (Å²) in [6.45, 7) is 9.90. The van der Waals surface area contributed by atoms with E-state index in [1.54, 1.807) is 12.1 Å². The van der Waals surface area contributed by atoms with Crippen LogP contribution in [0.15, 0.2) is 164 Å². The standard InChI is InChI=1S/C19H22N2.C15H14N2.C9H10O2.C6H8N2.C4H9Br/c1-15(2)14-21-18-11-7-6-10-17(18)20-19(21)13-12-16-8-4-3-5-9-16;1-2-6-12(7-3-1)10-11-15-16-13-8-4-5-9-14(13)17-15;10-9(11)7-6-8-4-2-1-3-5-8;7-5-3-1-2-4-6(5)8;1-4(2)3-5/h3-11,15H,12-14H2,1-2H3;1-9H,10-11H2,(H,16,17);1-5H,6-7H2,(H,10,11);1-4H,7-8H2;4H,3H2,1-2H3. The lowest BCUT2D eigenvalue weighted by molar-refractivity contribution is -0.136. The number of benzene rings is 6. The van der Waals surface area contributed by atoms with Gasteiger partial charge in [-0.3, -0.25) is 4.79 Å². The number of halogens is 1. The fraction of sp³-hybridized carbons (Fsp3) is 0.264. The molecule has 8 rings (SSSR count). The molecule has 0 aliphatic heterocycles. The zero-order valence-corrected chi connectivity index (χ0v) is 38.2. The van der Waals surface area contributed by atoms with Crippen LogP contribution in [-0.4, -0.2) is 35.9 Å². The highest BCUT2D eigenvalue weighted by Gasteiger charge is 2.11. The first kappa shape index (κ1) is 48.5. The maximum atomic E-state index is 10.2. The zero-order chi connectivity index (χ0) is 44.5. The molecule has 324 valence electrons. The molecule has 0 spiro atoms. The summed E-state index contributed by atoms with van der Waals surface area (Å²) in [5, 5.41) is 9.49. The van der Waals surface area contributed by atoms with E-state index in [-0.39, 0.29) is 6.42 Å². The monoisotopic (exact) mass is 894 g/mol. The van der Waals surface area contributed by atoms with Gasteiger partial charge in [0, 0.05) is 31.1 Å². The smallest absolute Gasteiger partial charge is 0.303 e. The molecule has 0 bridgehead atoms. The number of carbonyl (C=O) groups is 1. The number of nitrogens with one attached hydrogen (secondary N) is 1. The fourth-order valence-electron chi connectivity index (χ4n) is 6.22. The Morgan fingerprint density at radius 1 is 0.581 bits per heavy atom. The Hall–Kier alpha value is -6.19. The van der Waals surface area contributed by atoms with Crippen molar-refractivity contribution in [2.75, 3.05) is 16.8 Å². The van der Waals surface area contributed by atoms with Gasteiger partial charge in [-0.1, -0.05) is 171 Å². The lowest BCUT2D eigenvalue weighted by Crippen LogP contribution is -2.09. The number of aliphatic carboxylic acids is 1. The fourth-order valence-corrected chi connectivity index (χ4v) is 6.22. The third kappa shape index (κ3) is 17.8.